The molecule has 0 amide bonds. The summed E-state index contributed by atoms with van der Waals surface area (Å²) in [5.41, 5.74) is 1.82. The highest BCUT2D eigenvalue weighted by Crippen LogP contribution is 2.29. The molecule has 2 rings (SSSR count). The van der Waals surface area contributed by atoms with E-state index in [1.54, 1.807) is 19.2 Å². The summed E-state index contributed by atoms with van der Waals surface area (Å²) in [7, 11) is 1.74. The lowest BCUT2D eigenvalue weighted by molar-refractivity contribution is -0.384. The normalized spacial score (nSPS) is 16.9. The lowest BCUT2D eigenvalue weighted by atomic mass is 10.1. The van der Waals surface area contributed by atoms with E-state index in [1.165, 1.54) is 25.7 Å². The third kappa shape index (κ3) is 3.44. The minimum absolute atomic E-state index is 0.162. The Hall–Kier alpha value is -1.62. The summed E-state index contributed by atoms with van der Waals surface area (Å²) in [6.07, 6.45) is 5.04. The van der Waals surface area contributed by atoms with Crippen LogP contribution in [0.1, 0.15) is 31.2 Å². The van der Waals surface area contributed by atoms with Gasteiger partial charge in [0.25, 0.3) is 5.69 Å². The zero-order valence-electron chi connectivity index (χ0n) is 11.4. The van der Waals surface area contributed by atoms with Crippen LogP contribution in [0.5, 0.6) is 0 Å². The summed E-state index contributed by atoms with van der Waals surface area (Å²) in [4.78, 5) is 13.1. The number of nitrogens with one attached hydrogen (secondary N) is 1. The van der Waals surface area contributed by atoms with Crippen molar-refractivity contribution in [2.75, 3.05) is 25.5 Å². The number of anilines is 1. The van der Waals surface area contributed by atoms with Crippen LogP contribution in [0, 0.1) is 10.1 Å². The highest BCUT2D eigenvalue weighted by Gasteiger charge is 2.18. The van der Waals surface area contributed by atoms with Crippen LogP contribution in [0.2, 0.25) is 0 Å². The fraction of sp³-hybridized carbons (Fsp3) is 0.571. The maximum atomic E-state index is 11.0. The molecule has 0 aromatic heterocycles. The SMILES string of the molecule is CNc1c(CN2CCCCCC2)cccc1[N+](=O)[O-]. The van der Waals surface area contributed by atoms with Gasteiger partial charge in [0.1, 0.15) is 5.69 Å². The molecule has 0 saturated carbocycles. The Morgan fingerprint density at radius 2 is 1.95 bits per heavy atom. The maximum Gasteiger partial charge on any atom is 0.292 e. The first-order chi connectivity index (χ1) is 9.22. The summed E-state index contributed by atoms with van der Waals surface area (Å²) in [6, 6.07) is 5.30. The number of hydrogen-bond donors (Lipinski definition) is 1. The topological polar surface area (TPSA) is 58.4 Å². The molecule has 0 aliphatic carbocycles. The van der Waals surface area contributed by atoms with Gasteiger partial charge in [-0.25, -0.2) is 0 Å². The van der Waals surface area contributed by atoms with Crippen molar-refractivity contribution in [3.8, 4) is 0 Å². The standard InChI is InChI=1S/C14H21N3O2/c1-15-14-12(7-6-8-13(14)17(18)19)11-16-9-4-2-3-5-10-16/h6-8,15H,2-5,9-11H2,1H3. The average molecular weight is 263 g/mol. The largest absolute Gasteiger partial charge is 0.382 e. The zero-order valence-corrected chi connectivity index (χ0v) is 11.4. The van der Waals surface area contributed by atoms with Crippen molar-refractivity contribution in [3.05, 3.63) is 33.9 Å². The van der Waals surface area contributed by atoms with E-state index in [-0.39, 0.29) is 10.6 Å². The van der Waals surface area contributed by atoms with Gasteiger partial charge in [-0.2, -0.15) is 0 Å². The first kappa shape index (κ1) is 13.8. The fourth-order valence-corrected chi connectivity index (χ4v) is 2.69. The molecule has 1 aromatic carbocycles. The Morgan fingerprint density at radius 1 is 1.26 bits per heavy atom. The first-order valence-corrected chi connectivity index (χ1v) is 6.89. The third-order valence-corrected chi connectivity index (χ3v) is 3.67. The molecule has 0 atom stereocenters. The van der Waals surface area contributed by atoms with Gasteiger partial charge in [0.05, 0.1) is 4.92 Å². The Bertz CT molecular complexity index is 440. The molecule has 0 radical (unpaired) electrons. The Balaban J connectivity index is 2.19. The number of nitrogens with zero attached hydrogens (tertiary/aromatic N) is 2. The van der Waals surface area contributed by atoms with Crippen LogP contribution in [0.3, 0.4) is 0 Å². The molecule has 5 heteroatoms. The second kappa shape index (κ2) is 6.52. The molecule has 1 N–H and O–H groups in total. The van der Waals surface area contributed by atoms with Gasteiger partial charge in [-0.15, -0.1) is 0 Å². The smallest absolute Gasteiger partial charge is 0.292 e. The Kier molecular flexibility index (Phi) is 4.74. The van der Waals surface area contributed by atoms with E-state index in [1.807, 2.05) is 6.07 Å². The lowest BCUT2D eigenvalue weighted by Crippen LogP contribution is -2.24. The second-order valence-electron chi connectivity index (χ2n) is 5.01. The van der Waals surface area contributed by atoms with Gasteiger partial charge in [-0.05, 0) is 31.5 Å². The molecule has 1 saturated heterocycles. The van der Waals surface area contributed by atoms with E-state index >= 15 is 0 Å². The van der Waals surface area contributed by atoms with Gasteiger partial charge in [-0.1, -0.05) is 25.0 Å². The van der Waals surface area contributed by atoms with E-state index in [0.29, 0.717) is 5.69 Å². The Morgan fingerprint density at radius 3 is 2.53 bits per heavy atom. The summed E-state index contributed by atoms with van der Waals surface area (Å²) in [5.74, 6) is 0. The van der Waals surface area contributed by atoms with E-state index in [0.717, 1.165) is 25.2 Å². The van der Waals surface area contributed by atoms with E-state index < -0.39 is 0 Å². The lowest BCUT2D eigenvalue weighted by Gasteiger charge is -2.21. The molecule has 0 unspecified atom stereocenters. The van der Waals surface area contributed by atoms with Crippen molar-refractivity contribution in [3.63, 3.8) is 0 Å². The predicted octanol–water partition coefficient (Wildman–Crippen LogP) is 3.01. The van der Waals surface area contributed by atoms with Gasteiger partial charge in [0.2, 0.25) is 0 Å². The van der Waals surface area contributed by atoms with Crippen LogP contribution in [-0.4, -0.2) is 30.0 Å². The molecular weight excluding hydrogens is 242 g/mol. The van der Waals surface area contributed by atoms with Crippen molar-refractivity contribution in [2.45, 2.75) is 32.2 Å². The molecule has 0 spiro atoms. The molecule has 0 bridgehead atoms. The first-order valence-electron chi connectivity index (χ1n) is 6.89. The van der Waals surface area contributed by atoms with E-state index in [9.17, 15) is 10.1 Å². The van der Waals surface area contributed by atoms with Gasteiger partial charge in [-0.3, -0.25) is 15.0 Å². The number of nitro groups is 1. The molecule has 1 heterocycles. The van der Waals surface area contributed by atoms with Crippen LogP contribution < -0.4 is 5.32 Å². The van der Waals surface area contributed by atoms with Crippen molar-refractivity contribution in [2.24, 2.45) is 0 Å². The number of hydrogen-bond acceptors (Lipinski definition) is 4. The second-order valence-corrected chi connectivity index (χ2v) is 5.01. The molecule has 1 fully saturated rings. The molecule has 5 nitrogen and oxygen atoms in total. The number of nitro benzene ring substituents is 1. The van der Waals surface area contributed by atoms with E-state index in [2.05, 4.69) is 10.2 Å². The molecule has 1 aromatic rings. The molecule has 19 heavy (non-hydrogen) atoms. The van der Waals surface area contributed by atoms with Crippen LogP contribution in [0.4, 0.5) is 11.4 Å². The van der Waals surface area contributed by atoms with Crippen molar-refractivity contribution in [1.29, 1.82) is 0 Å². The highest BCUT2D eigenvalue weighted by atomic mass is 16.6. The fourth-order valence-electron chi connectivity index (χ4n) is 2.69. The summed E-state index contributed by atoms with van der Waals surface area (Å²) in [6.45, 7) is 2.97. The molecule has 104 valence electrons. The van der Waals surface area contributed by atoms with Crippen LogP contribution in [-0.2, 0) is 6.54 Å². The number of likely N-dealkylation sites (tertiary alicyclic amines) is 1. The molecule has 1 aliphatic rings. The summed E-state index contributed by atoms with van der Waals surface area (Å²) >= 11 is 0. The third-order valence-electron chi connectivity index (χ3n) is 3.67. The van der Waals surface area contributed by atoms with Crippen molar-refractivity contribution >= 4 is 11.4 Å². The minimum atomic E-state index is -0.322. The Labute approximate surface area is 113 Å². The predicted molar refractivity (Wildman–Crippen MR) is 76.4 cm³/mol. The maximum absolute atomic E-state index is 11.0. The van der Waals surface area contributed by atoms with Crippen LogP contribution >= 0.6 is 0 Å². The number of rotatable bonds is 4. The number of benzene rings is 1. The van der Waals surface area contributed by atoms with Crippen LogP contribution in [0.25, 0.3) is 0 Å². The average Bonchev–Trinajstić information content (AvgIpc) is 2.67. The van der Waals surface area contributed by atoms with Gasteiger partial charge < -0.3 is 5.32 Å². The van der Waals surface area contributed by atoms with Crippen LogP contribution in [0.15, 0.2) is 18.2 Å². The van der Waals surface area contributed by atoms with Crippen molar-refractivity contribution in [1.82, 2.24) is 4.90 Å². The van der Waals surface area contributed by atoms with Gasteiger partial charge >= 0.3 is 0 Å². The quantitative estimate of drug-likeness (QED) is 0.670. The monoisotopic (exact) mass is 263 g/mol. The zero-order chi connectivity index (χ0) is 13.7. The highest BCUT2D eigenvalue weighted by molar-refractivity contribution is 5.66. The minimum Gasteiger partial charge on any atom is -0.382 e. The van der Waals surface area contributed by atoms with E-state index in [4.69, 9.17) is 0 Å². The molecule has 1 aliphatic heterocycles. The summed E-state index contributed by atoms with van der Waals surface area (Å²) < 4.78 is 0. The molecular formula is C14H21N3O2. The van der Waals surface area contributed by atoms with Crippen molar-refractivity contribution < 1.29 is 4.92 Å². The summed E-state index contributed by atoms with van der Waals surface area (Å²) in [5, 5.41) is 14.0. The number of para-hydroxylation sites is 1. The van der Waals surface area contributed by atoms with Gasteiger partial charge in [0.15, 0.2) is 0 Å². The van der Waals surface area contributed by atoms with Gasteiger partial charge in [0, 0.05) is 19.7 Å².